The molecular formula is C22H27N3O5. The van der Waals surface area contributed by atoms with Crippen LogP contribution in [0.3, 0.4) is 0 Å². The van der Waals surface area contributed by atoms with E-state index in [9.17, 15) is 14.4 Å². The zero-order valence-corrected chi connectivity index (χ0v) is 17.4. The van der Waals surface area contributed by atoms with Gasteiger partial charge in [0.2, 0.25) is 5.91 Å². The summed E-state index contributed by atoms with van der Waals surface area (Å²) in [6, 6.07) is 7.37. The van der Waals surface area contributed by atoms with Crippen molar-refractivity contribution in [1.29, 1.82) is 0 Å². The van der Waals surface area contributed by atoms with E-state index < -0.39 is 11.7 Å². The number of ketones is 1. The fraction of sp³-hybridized carbons (Fsp3) is 0.500. The van der Waals surface area contributed by atoms with E-state index >= 15 is 0 Å². The predicted molar refractivity (Wildman–Crippen MR) is 110 cm³/mol. The number of carbonyl (C=O) groups is 3. The van der Waals surface area contributed by atoms with Crippen LogP contribution in [0.25, 0.3) is 10.9 Å². The molecule has 30 heavy (non-hydrogen) atoms. The molecule has 2 amide bonds. The van der Waals surface area contributed by atoms with Crippen LogP contribution in [0.4, 0.5) is 0 Å². The van der Waals surface area contributed by atoms with Crippen LogP contribution in [0.5, 0.6) is 0 Å². The van der Waals surface area contributed by atoms with Crippen LogP contribution < -0.4 is 0 Å². The predicted octanol–water partition coefficient (Wildman–Crippen LogP) is 1.32. The molecule has 4 rings (SSSR count). The summed E-state index contributed by atoms with van der Waals surface area (Å²) in [5.41, 5.74) is 1.09. The van der Waals surface area contributed by atoms with Crippen molar-refractivity contribution in [1.82, 2.24) is 14.4 Å². The Hall–Kier alpha value is -2.71. The standard InChI is InChI=1S/C22H27N3O5/c1-15-11-25(12-16(2)30-15)22(28)21(27)18-13-24(19-6-4-3-5-17(18)19)14-20(26)23-7-9-29-10-8-23/h3-6,13,15-16H,7-12,14H2,1-2H3/t15-,16+. The van der Waals surface area contributed by atoms with Crippen molar-refractivity contribution >= 4 is 28.5 Å². The maximum atomic E-state index is 13.1. The average molecular weight is 413 g/mol. The number of Topliss-reactive ketones (excluding diaryl/α,β-unsaturated/α-hetero) is 1. The van der Waals surface area contributed by atoms with Crippen LogP contribution in [0.15, 0.2) is 30.5 Å². The van der Waals surface area contributed by atoms with Gasteiger partial charge < -0.3 is 23.8 Å². The minimum absolute atomic E-state index is 0.0276. The lowest BCUT2D eigenvalue weighted by Gasteiger charge is -2.34. The van der Waals surface area contributed by atoms with E-state index in [2.05, 4.69) is 0 Å². The lowest BCUT2D eigenvalue weighted by atomic mass is 10.1. The Kier molecular flexibility index (Phi) is 5.87. The van der Waals surface area contributed by atoms with E-state index in [0.717, 1.165) is 5.52 Å². The third-order valence-corrected chi connectivity index (χ3v) is 5.60. The SMILES string of the molecule is C[C@@H]1CN(C(=O)C(=O)c2cn(CC(=O)N3CCOCC3)c3ccccc23)C[C@H](C)O1. The maximum Gasteiger partial charge on any atom is 0.295 e. The first-order valence-electron chi connectivity index (χ1n) is 10.4. The van der Waals surface area contributed by atoms with Crippen LogP contribution >= 0.6 is 0 Å². The largest absolute Gasteiger partial charge is 0.378 e. The van der Waals surface area contributed by atoms with Crippen molar-refractivity contribution in [2.75, 3.05) is 39.4 Å². The van der Waals surface area contributed by atoms with E-state index in [-0.39, 0.29) is 24.7 Å². The summed E-state index contributed by atoms with van der Waals surface area (Å²) < 4.78 is 12.7. The number of hydrogen-bond donors (Lipinski definition) is 0. The summed E-state index contributed by atoms with van der Waals surface area (Å²) in [6.45, 7) is 6.89. The molecule has 2 saturated heterocycles. The number of para-hydroxylation sites is 1. The minimum Gasteiger partial charge on any atom is -0.378 e. The molecule has 2 atom stereocenters. The summed E-state index contributed by atoms with van der Waals surface area (Å²) in [6.07, 6.45) is 1.41. The van der Waals surface area contributed by atoms with Gasteiger partial charge in [-0.3, -0.25) is 14.4 Å². The minimum atomic E-state index is -0.551. The van der Waals surface area contributed by atoms with Crippen LogP contribution in [-0.4, -0.2) is 83.6 Å². The molecule has 1 aromatic carbocycles. The number of carbonyl (C=O) groups excluding carboxylic acids is 3. The molecule has 0 aliphatic carbocycles. The van der Waals surface area contributed by atoms with E-state index in [1.54, 1.807) is 20.6 Å². The highest BCUT2D eigenvalue weighted by Crippen LogP contribution is 2.23. The van der Waals surface area contributed by atoms with Gasteiger partial charge in [0.15, 0.2) is 0 Å². The molecular weight excluding hydrogens is 386 g/mol. The Morgan fingerprint density at radius 1 is 1.00 bits per heavy atom. The van der Waals surface area contributed by atoms with E-state index in [0.29, 0.717) is 50.3 Å². The Labute approximate surface area is 175 Å². The third kappa shape index (κ3) is 4.11. The van der Waals surface area contributed by atoms with Gasteiger partial charge in [-0.2, -0.15) is 0 Å². The highest BCUT2D eigenvalue weighted by Gasteiger charge is 2.32. The van der Waals surface area contributed by atoms with Gasteiger partial charge in [0.1, 0.15) is 6.54 Å². The molecule has 160 valence electrons. The van der Waals surface area contributed by atoms with Gasteiger partial charge in [0, 0.05) is 43.3 Å². The molecule has 2 aliphatic heterocycles. The zero-order chi connectivity index (χ0) is 21.3. The van der Waals surface area contributed by atoms with Crippen LogP contribution in [0, 0.1) is 0 Å². The van der Waals surface area contributed by atoms with Gasteiger partial charge >= 0.3 is 0 Å². The van der Waals surface area contributed by atoms with Crippen LogP contribution in [0.1, 0.15) is 24.2 Å². The first-order valence-corrected chi connectivity index (χ1v) is 10.4. The molecule has 0 saturated carbocycles. The van der Waals surface area contributed by atoms with E-state index in [4.69, 9.17) is 9.47 Å². The molecule has 2 aliphatic rings. The van der Waals surface area contributed by atoms with Gasteiger partial charge in [-0.1, -0.05) is 18.2 Å². The first-order chi connectivity index (χ1) is 14.4. The molecule has 1 aromatic heterocycles. The zero-order valence-electron chi connectivity index (χ0n) is 17.4. The first kappa shape index (κ1) is 20.6. The summed E-state index contributed by atoms with van der Waals surface area (Å²) >= 11 is 0. The van der Waals surface area contributed by atoms with Crippen molar-refractivity contribution < 1.29 is 23.9 Å². The molecule has 0 bridgehead atoms. The number of ether oxygens (including phenoxy) is 2. The Morgan fingerprint density at radius 3 is 2.37 bits per heavy atom. The number of nitrogens with zero attached hydrogens (tertiary/aromatic N) is 3. The van der Waals surface area contributed by atoms with Crippen molar-refractivity contribution in [3.05, 3.63) is 36.0 Å². The fourth-order valence-electron chi connectivity index (χ4n) is 4.22. The third-order valence-electron chi connectivity index (χ3n) is 5.60. The number of hydrogen-bond acceptors (Lipinski definition) is 5. The topological polar surface area (TPSA) is 81.1 Å². The molecule has 0 radical (unpaired) electrons. The number of aromatic nitrogens is 1. The number of morpholine rings is 2. The van der Waals surface area contributed by atoms with E-state index in [1.165, 1.54) is 0 Å². The van der Waals surface area contributed by atoms with Crippen molar-refractivity contribution in [3.63, 3.8) is 0 Å². The van der Waals surface area contributed by atoms with Crippen LogP contribution in [0.2, 0.25) is 0 Å². The Morgan fingerprint density at radius 2 is 1.67 bits per heavy atom. The van der Waals surface area contributed by atoms with Gasteiger partial charge in [0.05, 0.1) is 31.0 Å². The van der Waals surface area contributed by atoms with Gasteiger partial charge in [-0.15, -0.1) is 0 Å². The van der Waals surface area contributed by atoms with Gasteiger partial charge in [-0.05, 0) is 19.9 Å². The van der Waals surface area contributed by atoms with Crippen molar-refractivity contribution in [2.24, 2.45) is 0 Å². The molecule has 8 heteroatoms. The van der Waals surface area contributed by atoms with Crippen molar-refractivity contribution in [3.8, 4) is 0 Å². The lowest BCUT2D eigenvalue weighted by Crippen LogP contribution is -2.50. The Bertz CT molecular complexity index is 953. The second-order valence-corrected chi connectivity index (χ2v) is 7.98. The van der Waals surface area contributed by atoms with Gasteiger partial charge in [-0.25, -0.2) is 0 Å². The fourth-order valence-corrected chi connectivity index (χ4v) is 4.22. The molecule has 8 nitrogen and oxygen atoms in total. The monoisotopic (exact) mass is 413 g/mol. The highest BCUT2D eigenvalue weighted by molar-refractivity contribution is 6.44. The van der Waals surface area contributed by atoms with Crippen LogP contribution in [-0.2, 0) is 25.6 Å². The van der Waals surface area contributed by atoms with Gasteiger partial charge in [0.25, 0.3) is 11.7 Å². The molecule has 0 N–H and O–H groups in total. The van der Waals surface area contributed by atoms with Crippen molar-refractivity contribution in [2.45, 2.75) is 32.6 Å². The lowest BCUT2D eigenvalue weighted by molar-refractivity contribution is -0.138. The average Bonchev–Trinajstić information content (AvgIpc) is 3.11. The normalized spacial score (nSPS) is 22.3. The number of benzene rings is 1. The molecule has 3 heterocycles. The summed E-state index contributed by atoms with van der Waals surface area (Å²) in [5.74, 6) is -1.11. The second-order valence-electron chi connectivity index (χ2n) is 7.98. The second kappa shape index (κ2) is 8.57. The smallest absolute Gasteiger partial charge is 0.295 e. The summed E-state index contributed by atoms with van der Waals surface area (Å²) in [5, 5.41) is 0.681. The summed E-state index contributed by atoms with van der Waals surface area (Å²) in [7, 11) is 0. The quantitative estimate of drug-likeness (QED) is 0.558. The summed E-state index contributed by atoms with van der Waals surface area (Å²) in [4.78, 5) is 42.1. The Balaban J connectivity index is 1.59. The maximum absolute atomic E-state index is 13.1. The van der Waals surface area contributed by atoms with E-state index in [1.807, 2.05) is 38.1 Å². The molecule has 2 fully saturated rings. The highest BCUT2D eigenvalue weighted by atomic mass is 16.5. The molecule has 2 aromatic rings. The number of rotatable bonds is 4. The molecule has 0 spiro atoms. The number of amides is 2. The number of fused-ring (bicyclic) bond motifs is 1. The molecule has 0 unspecified atom stereocenters.